The quantitative estimate of drug-likeness (QED) is 0.515. The molecule has 19 heavy (non-hydrogen) atoms. The van der Waals surface area contributed by atoms with Gasteiger partial charge < -0.3 is 21.1 Å². The Kier molecular flexibility index (Phi) is 6.15. The molecule has 1 aromatic carbocycles. The van der Waals surface area contributed by atoms with Crippen LogP contribution in [0.25, 0.3) is 0 Å². The van der Waals surface area contributed by atoms with E-state index < -0.39 is 0 Å². The average molecular weight is 265 g/mol. The number of nitrogens with one attached hydrogen (secondary N) is 1. The maximum absolute atomic E-state index is 11.9. The molecule has 0 saturated heterocycles. The van der Waals surface area contributed by atoms with Crippen LogP contribution in [-0.4, -0.2) is 42.1 Å². The van der Waals surface area contributed by atoms with E-state index in [1.165, 1.54) is 18.2 Å². The van der Waals surface area contributed by atoms with E-state index in [2.05, 4.69) is 24.1 Å². The van der Waals surface area contributed by atoms with Crippen molar-refractivity contribution >= 4 is 11.6 Å². The lowest BCUT2D eigenvalue weighted by molar-refractivity contribution is 0.0949. The zero-order chi connectivity index (χ0) is 14.3. The molecule has 1 aromatic rings. The molecule has 1 amide bonds. The van der Waals surface area contributed by atoms with Gasteiger partial charge in [-0.15, -0.1) is 0 Å². The van der Waals surface area contributed by atoms with Gasteiger partial charge in [-0.2, -0.15) is 0 Å². The summed E-state index contributed by atoms with van der Waals surface area (Å²) in [5.41, 5.74) is 6.40. The Morgan fingerprint density at radius 3 is 2.74 bits per heavy atom. The van der Waals surface area contributed by atoms with E-state index in [-0.39, 0.29) is 11.7 Å². The Bertz CT molecular complexity index is 421. The van der Waals surface area contributed by atoms with Gasteiger partial charge in [0, 0.05) is 18.8 Å². The van der Waals surface area contributed by atoms with E-state index >= 15 is 0 Å². The lowest BCUT2D eigenvalue weighted by Gasteiger charge is -2.19. The van der Waals surface area contributed by atoms with Crippen LogP contribution in [0.15, 0.2) is 18.2 Å². The van der Waals surface area contributed by atoms with Gasteiger partial charge in [-0.3, -0.25) is 4.79 Å². The summed E-state index contributed by atoms with van der Waals surface area (Å²) in [6.07, 6.45) is 1.10. The summed E-state index contributed by atoms with van der Waals surface area (Å²) in [5.74, 6) is -0.207. The van der Waals surface area contributed by atoms with Crippen molar-refractivity contribution in [2.24, 2.45) is 0 Å². The maximum Gasteiger partial charge on any atom is 0.253 e. The summed E-state index contributed by atoms with van der Waals surface area (Å²) in [4.78, 5) is 14.2. The molecule has 5 heteroatoms. The summed E-state index contributed by atoms with van der Waals surface area (Å²) in [6.45, 7) is 7.62. The van der Waals surface area contributed by atoms with E-state index in [0.29, 0.717) is 17.8 Å². The van der Waals surface area contributed by atoms with Gasteiger partial charge in [0.15, 0.2) is 0 Å². The molecule has 1 rings (SSSR count). The summed E-state index contributed by atoms with van der Waals surface area (Å²) in [6, 6.07) is 4.38. The zero-order valence-electron chi connectivity index (χ0n) is 11.6. The second kappa shape index (κ2) is 7.63. The number of amides is 1. The van der Waals surface area contributed by atoms with Gasteiger partial charge in [-0.1, -0.05) is 13.8 Å². The number of rotatable bonds is 7. The van der Waals surface area contributed by atoms with Crippen molar-refractivity contribution in [3.63, 3.8) is 0 Å². The second-order valence-corrected chi connectivity index (χ2v) is 4.46. The van der Waals surface area contributed by atoms with E-state index in [4.69, 9.17) is 5.73 Å². The number of anilines is 1. The van der Waals surface area contributed by atoms with Crippen LogP contribution in [0.4, 0.5) is 5.69 Å². The van der Waals surface area contributed by atoms with Crippen molar-refractivity contribution in [2.75, 3.05) is 31.9 Å². The Hall–Kier alpha value is -1.75. The van der Waals surface area contributed by atoms with Crippen molar-refractivity contribution in [1.82, 2.24) is 10.2 Å². The molecule has 4 N–H and O–H groups in total. The van der Waals surface area contributed by atoms with Crippen molar-refractivity contribution in [3.8, 4) is 5.75 Å². The highest BCUT2D eigenvalue weighted by atomic mass is 16.3. The largest absolute Gasteiger partial charge is 0.508 e. The minimum atomic E-state index is -0.249. The van der Waals surface area contributed by atoms with Crippen LogP contribution in [0, 0.1) is 0 Å². The van der Waals surface area contributed by atoms with Crippen molar-refractivity contribution < 1.29 is 9.90 Å². The van der Waals surface area contributed by atoms with Gasteiger partial charge in [-0.25, -0.2) is 0 Å². The first kappa shape index (κ1) is 15.3. The fourth-order valence-electron chi connectivity index (χ4n) is 1.91. The normalized spacial score (nSPS) is 10.7. The molecule has 0 aromatic heterocycles. The topological polar surface area (TPSA) is 78.6 Å². The highest BCUT2D eigenvalue weighted by Gasteiger charge is 2.10. The molecule has 0 heterocycles. The highest BCUT2D eigenvalue weighted by molar-refractivity contribution is 5.99. The number of carbonyl (C=O) groups excluding carboxylic acids is 1. The summed E-state index contributed by atoms with van der Waals surface area (Å²) in [7, 11) is 0. The Morgan fingerprint density at radius 2 is 2.11 bits per heavy atom. The molecular formula is C14H23N3O2. The van der Waals surface area contributed by atoms with Crippen LogP contribution in [0.3, 0.4) is 0 Å². The van der Waals surface area contributed by atoms with E-state index in [9.17, 15) is 9.90 Å². The molecule has 0 saturated carbocycles. The summed E-state index contributed by atoms with van der Waals surface area (Å²) >= 11 is 0. The van der Waals surface area contributed by atoms with Crippen LogP contribution >= 0.6 is 0 Å². The number of nitrogen functional groups attached to an aromatic ring is 1. The third-order valence-corrected chi connectivity index (χ3v) is 2.98. The van der Waals surface area contributed by atoms with Crippen LogP contribution in [0.2, 0.25) is 0 Å². The molecule has 0 aliphatic rings. The van der Waals surface area contributed by atoms with Crippen molar-refractivity contribution in [1.29, 1.82) is 0 Å². The molecule has 5 nitrogen and oxygen atoms in total. The number of phenolic OH excluding ortho intramolecular Hbond substituents is 1. The fourth-order valence-corrected chi connectivity index (χ4v) is 1.91. The predicted octanol–water partition coefficient (Wildman–Crippen LogP) is 1.44. The molecular weight excluding hydrogens is 242 g/mol. The van der Waals surface area contributed by atoms with E-state index in [1.54, 1.807) is 0 Å². The lowest BCUT2D eigenvalue weighted by atomic mass is 10.1. The number of nitrogens with zero attached hydrogens (tertiary/aromatic N) is 1. The first-order valence-corrected chi connectivity index (χ1v) is 6.67. The van der Waals surface area contributed by atoms with Gasteiger partial charge in [0.2, 0.25) is 0 Å². The van der Waals surface area contributed by atoms with Crippen LogP contribution in [0.5, 0.6) is 5.75 Å². The molecule has 0 atom stereocenters. The number of hydrogen-bond donors (Lipinski definition) is 3. The van der Waals surface area contributed by atoms with Crippen molar-refractivity contribution in [2.45, 2.75) is 20.3 Å². The number of hydrogen-bond acceptors (Lipinski definition) is 4. The zero-order valence-corrected chi connectivity index (χ0v) is 11.6. The lowest BCUT2D eigenvalue weighted by Crippen LogP contribution is -2.35. The third-order valence-electron chi connectivity index (χ3n) is 2.98. The Balaban J connectivity index is 2.49. The second-order valence-electron chi connectivity index (χ2n) is 4.46. The Morgan fingerprint density at radius 1 is 1.37 bits per heavy atom. The molecule has 106 valence electrons. The third kappa shape index (κ3) is 4.79. The van der Waals surface area contributed by atoms with Crippen molar-refractivity contribution in [3.05, 3.63) is 23.8 Å². The minimum Gasteiger partial charge on any atom is -0.508 e. The van der Waals surface area contributed by atoms with Gasteiger partial charge in [0.1, 0.15) is 5.75 Å². The number of phenols is 1. The molecule has 0 spiro atoms. The molecule has 0 aliphatic carbocycles. The molecule has 0 radical (unpaired) electrons. The number of benzene rings is 1. The Labute approximate surface area is 114 Å². The molecule has 0 bridgehead atoms. The monoisotopic (exact) mass is 265 g/mol. The predicted molar refractivity (Wildman–Crippen MR) is 77.3 cm³/mol. The smallest absolute Gasteiger partial charge is 0.253 e. The van der Waals surface area contributed by atoms with Gasteiger partial charge in [0.25, 0.3) is 5.91 Å². The first-order valence-electron chi connectivity index (χ1n) is 6.67. The SMILES string of the molecule is CCCN(CC)CCNC(=O)c1cc(O)ccc1N. The molecule has 0 fully saturated rings. The number of likely N-dealkylation sites (N-methyl/N-ethyl adjacent to an activating group) is 1. The average Bonchev–Trinajstić information content (AvgIpc) is 2.40. The van der Waals surface area contributed by atoms with Gasteiger partial charge >= 0.3 is 0 Å². The minimum absolute atomic E-state index is 0.0421. The van der Waals surface area contributed by atoms with E-state index in [1.807, 2.05) is 0 Å². The first-order chi connectivity index (χ1) is 9.08. The van der Waals surface area contributed by atoms with Crippen LogP contribution < -0.4 is 11.1 Å². The number of nitrogens with two attached hydrogens (primary N) is 1. The molecule has 0 aliphatic heterocycles. The molecule has 0 unspecified atom stereocenters. The number of carbonyl (C=O) groups is 1. The van der Waals surface area contributed by atoms with Crippen LogP contribution in [-0.2, 0) is 0 Å². The highest BCUT2D eigenvalue weighted by Crippen LogP contribution is 2.17. The van der Waals surface area contributed by atoms with Gasteiger partial charge in [-0.05, 0) is 37.7 Å². The fraction of sp³-hybridized carbons (Fsp3) is 0.500. The summed E-state index contributed by atoms with van der Waals surface area (Å²) in [5, 5.41) is 12.2. The van der Waals surface area contributed by atoms with Gasteiger partial charge in [0.05, 0.1) is 5.56 Å². The van der Waals surface area contributed by atoms with Crippen LogP contribution in [0.1, 0.15) is 30.6 Å². The maximum atomic E-state index is 11.9. The number of aromatic hydroxyl groups is 1. The standard InChI is InChI=1S/C14H23N3O2/c1-3-8-17(4-2)9-7-16-14(19)12-10-11(18)5-6-13(12)15/h5-6,10,18H,3-4,7-9,15H2,1-2H3,(H,16,19). The van der Waals surface area contributed by atoms with E-state index in [0.717, 1.165) is 26.1 Å². The summed E-state index contributed by atoms with van der Waals surface area (Å²) < 4.78 is 0.